The van der Waals surface area contributed by atoms with Gasteiger partial charge in [0, 0.05) is 12.6 Å². The fraction of sp³-hybridized carbons (Fsp3) is 0.588. The van der Waals surface area contributed by atoms with E-state index in [1.165, 1.54) is 25.0 Å². The third kappa shape index (κ3) is 3.74. The van der Waals surface area contributed by atoms with Gasteiger partial charge in [0.05, 0.1) is 0 Å². The smallest absolute Gasteiger partial charge is 0.266 e. The zero-order chi connectivity index (χ0) is 15.5. The predicted molar refractivity (Wildman–Crippen MR) is 80.8 cm³/mol. The molecule has 2 rings (SSSR count). The maximum atomic E-state index is 12.9. The molecular weight excluding hydrogens is 269 g/mol. The third-order valence-electron chi connectivity index (χ3n) is 4.07. The molecule has 0 N–H and O–H groups in total. The first-order valence-corrected chi connectivity index (χ1v) is 7.69. The summed E-state index contributed by atoms with van der Waals surface area (Å²) in [7, 11) is 0. The molecule has 3 nitrogen and oxygen atoms in total. The van der Waals surface area contributed by atoms with Crippen molar-refractivity contribution in [1.82, 2.24) is 4.90 Å². The molecule has 0 aromatic heterocycles. The van der Waals surface area contributed by atoms with E-state index in [1.54, 1.807) is 26.0 Å². The first-order chi connectivity index (χ1) is 9.94. The fourth-order valence-electron chi connectivity index (χ4n) is 2.97. The number of nitrogens with zero attached hydrogens (tertiary/aromatic N) is 1. The van der Waals surface area contributed by atoms with Crippen molar-refractivity contribution in [3.8, 4) is 5.75 Å². The molecular formula is C17H24FNO2. The maximum absolute atomic E-state index is 12.9. The largest absolute Gasteiger partial charge is 0.478 e. The van der Waals surface area contributed by atoms with Gasteiger partial charge < -0.3 is 9.64 Å². The summed E-state index contributed by atoms with van der Waals surface area (Å²) < 4.78 is 18.7. The Labute approximate surface area is 126 Å². The van der Waals surface area contributed by atoms with E-state index in [2.05, 4.69) is 0 Å². The van der Waals surface area contributed by atoms with Crippen LogP contribution in [0.25, 0.3) is 0 Å². The SMILES string of the molecule is CCN(C(=O)C(C)(C)Oc1ccc(F)cc1)C1CCCC1. The van der Waals surface area contributed by atoms with Gasteiger partial charge in [0.2, 0.25) is 0 Å². The standard InChI is InChI=1S/C17H24FNO2/c1-4-19(14-7-5-6-8-14)16(20)17(2,3)21-15-11-9-13(18)10-12-15/h9-12,14H,4-8H2,1-3H3. The average molecular weight is 293 g/mol. The Balaban J connectivity index is 2.09. The lowest BCUT2D eigenvalue weighted by Crippen LogP contribution is -2.52. The molecule has 4 heteroatoms. The molecule has 1 aliphatic carbocycles. The van der Waals surface area contributed by atoms with E-state index in [0.29, 0.717) is 18.3 Å². The molecule has 1 fully saturated rings. The number of amides is 1. The van der Waals surface area contributed by atoms with Crippen molar-refractivity contribution in [2.45, 2.75) is 58.1 Å². The minimum atomic E-state index is -0.948. The van der Waals surface area contributed by atoms with E-state index in [9.17, 15) is 9.18 Å². The van der Waals surface area contributed by atoms with Crippen LogP contribution in [0.5, 0.6) is 5.75 Å². The number of hydrogen-bond acceptors (Lipinski definition) is 2. The van der Waals surface area contributed by atoms with Crippen molar-refractivity contribution >= 4 is 5.91 Å². The Kier molecular flexibility index (Phi) is 4.86. The van der Waals surface area contributed by atoms with Crippen molar-refractivity contribution in [3.05, 3.63) is 30.1 Å². The molecule has 1 aromatic rings. The summed E-state index contributed by atoms with van der Waals surface area (Å²) in [5, 5.41) is 0. The van der Waals surface area contributed by atoms with Crippen LogP contribution in [0.1, 0.15) is 46.5 Å². The Morgan fingerprint density at radius 1 is 1.29 bits per heavy atom. The van der Waals surface area contributed by atoms with Crippen molar-refractivity contribution in [2.75, 3.05) is 6.54 Å². The van der Waals surface area contributed by atoms with E-state index in [0.717, 1.165) is 12.8 Å². The summed E-state index contributed by atoms with van der Waals surface area (Å²) >= 11 is 0. The second-order valence-electron chi connectivity index (χ2n) is 6.10. The normalized spacial score (nSPS) is 16.0. The maximum Gasteiger partial charge on any atom is 0.266 e. The van der Waals surface area contributed by atoms with Crippen molar-refractivity contribution < 1.29 is 13.9 Å². The van der Waals surface area contributed by atoms with E-state index in [1.807, 2.05) is 11.8 Å². The molecule has 0 unspecified atom stereocenters. The second-order valence-corrected chi connectivity index (χ2v) is 6.10. The lowest BCUT2D eigenvalue weighted by Gasteiger charge is -2.35. The van der Waals surface area contributed by atoms with Gasteiger partial charge in [0.15, 0.2) is 5.60 Å². The number of ether oxygens (including phenoxy) is 1. The van der Waals surface area contributed by atoms with Gasteiger partial charge in [-0.1, -0.05) is 12.8 Å². The van der Waals surface area contributed by atoms with Crippen LogP contribution in [-0.4, -0.2) is 29.0 Å². The van der Waals surface area contributed by atoms with Crippen LogP contribution in [0.2, 0.25) is 0 Å². The summed E-state index contributed by atoms with van der Waals surface area (Å²) in [5.41, 5.74) is -0.948. The van der Waals surface area contributed by atoms with E-state index >= 15 is 0 Å². The van der Waals surface area contributed by atoms with Gasteiger partial charge in [-0.2, -0.15) is 0 Å². The quantitative estimate of drug-likeness (QED) is 0.827. The van der Waals surface area contributed by atoms with Crippen LogP contribution in [0, 0.1) is 5.82 Å². The molecule has 0 bridgehead atoms. The number of likely N-dealkylation sites (N-methyl/N-ethyl adjacent to an activating group) is 1. The first kappa shape index (κ1) is 15.8. The molecule has 0 aliphatic heterocycles. The Morgan fingerprint density at radius 3 is 2.38 bits per heavy atom. The summed E-state index contributed by atoms with van der Waals surface area (Å²) in [6.07, 6.45) is 4.53. The Bertz CT molecular complexity index is 478. The number of carbonyl (C=O) groups is 1. The summed E-state index contributed by atoms with van der Waals surface area (Å²) in [4.78, 5) is 14.7. The highest BCUT2D eigenvalue weighted by atomic mass is 19.1. The van der Waals surface area contributed by atoms with Crippen LogP contribution in [0.4, 0.5) is 4.39 Å². The van der Waals surface area contributed by atoms with Gasteiger partial charge >= 0.3 is 0 Å². The van der Waals surface area contributed by atoms with Crippen LogP contribution in [0.15, 0.2) is 24.3 Å². The predicted octanol–water partition coefficient (Wildman–Crippen LogP) is 3.77. The molecule has 0 saturated heterocycles. The fourth-order valence-corrected chi connectivity index (χ4v) is 2.97. The molecule has 21 heavy (non-hydrogen) atoms. The van der Waals surface area contributed by atoms with E-state index in [4.69, 9.17) is 4.74 Å². The zero-order valence-electron chi connectivity index (χ0n) is 13.1. The molecule has 1 amide bonds. The van der Waals surface area contributed by atoms with Gasteiger partial charge in [0.1, 0.15) is 11.6 Å². The molecule has 116 valence electrons. The monoisotopic (exact) mass is 293 g/mol. The number of rotatable bonds is 5. The van der Waals surface area contributed by atoms with Gasteiger partial charge in [-0.05, 0) is 57.9 Å². The Morgan fingerprint density at radius 2 is 1.86 bits per heavy atom. The molecule has 0 atom stereocenters. The molecule has 0 radical (unpaired) electrons. The molecule has 0 spiro atoms. The minimum absolute atomic E-state index is 0.00113. The van der Waals surface area contributed by atoms with Gasteiger partial charge in [-0.3, -0.25) is 4.79 Å². The summed E-state index contributed by atoms with van der Waals surface area (Å²) in [6.45, 7) is 6.25. The van der Waals surface area contributed by atoms with Crippen LogP contribution < -0.4 is 4.74 Å². The third-order valence-corrected chi connectivity index (χ3v) is 4.07. The van der Waals surface area contributed by atoms with E-state index in [-0.39, 0.29) is 11.7 Å². The van der Waals surface area contributed by atoms with Crippen molar-refractivity contribution in [2.24, 2.45) is 0 Å². The van der Waals surface area contributed by atoms with Crippen molar-refractivity contribution in [1.29, 1.82) is 0 Å². The summed E-state index contributed by atoms with van der Waals surface area (Å²) in [6, 6.07) is 6.11. The number of benzene rings is 1. The molecule has 1 aliphatic rings. The van der Waals surface area contributed by atoms with Gasteiger partial charge in [-0.25, -0.2) is 4.39 Å². The number of hydrogen-bond donors (Lipinski definition) is 0. The number of halogens is 1. The Hall–Kier alpha value is -1.58. The first-order valence-electron chi connectivity index (χ1n) is 7.69. The molecule has 0 heterocycles. The lowest BCUT2D eigenvalue weighted by atomic mass is 10.1. The number of carbonyl (C=O) groups excluding carboxylic acids is 1. The topological polar surface area (TPSA) is 29.5 Å². The highest BCUT2D eigenvalue weighted by Gasteiger charge is 2.37. The average Bonchev–Trinajstić information content (AvgIpc) is 2.96. The van der Waals surface area contributed by atoms with Crippen LogP contribution in [-0.2, 0) is 4.79 Å². The van der Waals surface area contributed by atoms with E-state index < -0.39 is 5.60 Å². The van der Waals surface area contributed by atoms with Crippen LogP contribution in [0.3, 0.4) is 0 Å². The molecule has 1 aromatic carbocycles. The molecule has 1 saturated carbocycles. The lowest BCUT2D eigenvalue weighted by molar-refractivity contribution is -0.147. The highest BCUT2D eigenvalue weighted by molar-refractivity contribution is 5.85. The van der Waals surface area contributed by atoms with Gasteiger partial charge in [-0.15, -0.1) is 0 Å². The second kappa shape index (κ2) is 6.46. The summed E-state index contributed by atoms with van der Waals surface area (Å²) in [5.74, 6) is 0.200. The zero-order valence-corrected chi connectivity index (χ0v) is 13.1. The highest BCUT2D eigenvalue weighted by Crippen LogP contribution is 2.27. The van der Waals surface area contributed by atoms with Gasteiger partial charge in [0.25, 0.3) is 5.91 Å². The van der Waals surface area contributed by atoms with Crippen molar-refractivity contribution in [3.63, 3.8) is 0 Å². The minimum Gasteiger partial charge on any atom is -0.478 e. The van der Waals surface area contributed by atoms with Crippen LogP contribution >= 0.6 is 0 Å².